The molecule has 0 aliphatic rings. The van der Waals surface area contributed by atoms with Gasteiger partial charge in [-0.2, -0.15) is 0 Å². The van der Waals surface area contributed by atoms with Crippen LogP contribution in [-0.4, -0.2) is 6.61 Å². The standard InChI is InChI=1S/C28H25F3O2/c1-5-32-20(4)26(29)16-19(3)33-17-21-8-12-23(13-9-21)25-15-14-24(27(30)28(25)31)22-10-6-18(2)7-11-22/h6-16H,3-5,17H2,1-2H3/b26-16+. The summed E-state index contributed by atoms with van der Waals surface area (Å²) in [4.78, 5) is 0. The summed E-state index contributed by atoms with van der Waals surface area (Å²) in [5, 5.41) is 0. The lowest BCUT2D eigenvalue weighted by Crippen LogP contribution is -1.96. The molecule has 170 valence electrons. The van der Waals surface area contributed by atoms with Crippen LogP contribution in [0.25, 0.3) is 22.3 Å². The van der Waals surface area contributed by atoms with Crippen LogP contribution in [0, 0.1) is 18.6 Å². The molecular weight excluding hydrogens is 425 g/mol. The molecule has 2 nitrogen and oxygen atoms in total. The van der Waals surface area contributed by atoms with Crippen molar-refractivity contribution in [1.29, 1.82) is 0 Å². The summed E-state index contributed by atoms with van der Waals surface area (Å²) in [5.41, 5.74) is 3.33. The zero-order valence-corrected chi connectivity index (χ0v) is 18.6. The Balaban J connectivity index is 1.70. The fourth-order valence-corrected chi connectivity index (χ4v) is 3.19. The van der Waals surface area contributed by atoms with E-state index in [-0.39, 0.29) is 29.3 Å². The summed E-state index contributed by atoms with van der Waals surface area (Å²) in [6.07, 6.45) is 1.10. The quantitative estimate of drug-likeness (QED) is 0.243. The van der Waals surface area contributed by atoms with Crippen LogP contribution in [0.3, 0.4) is 0 Å². The largest absolute Gasteiger partial charge is 0.491 e. The number of hydrogen-bond donors (Lipinski definition) is 0. The Bertz CT molecular complexity index is 1180. The van der Waals surface area contributed by atoms with Crippen molar-refractivity contribution in [3.05, 3.63) is 120 Å². The average molecular weight is 451 g/mol. The molecule has 0 spiro atoms. The summed E-state index contributed by atoms with van der Waals surface area (Å²) in [6.45, 7) is 11.2. The van der Waals surface area contributed by atoms with Gasteiger partial charge in [0.1, 0.15) is 18.1 Å². The van der Waals surface area contributed by atoms with Crippen LogP contribution in [0.15, 0.2) is 97.2 Å². The van der Waals surface area contributed by atoms with Gasteiger partial charge in [0.05, 0.1) is 6.61 Å². The Kier molecular flexibility index (Phi) is 7.78. The molecule has 0 N–H and O–H groups in total. The molecule has 0 aliphatic carbocycles. The molecule has 0 amide bonds. The molecule has 0 aliphatic heterocycles. The number of allylic oxidation sites excluding steroid dienone is 2. The van der Waals surface area contributed by atoms with Gasteiger partial charge >= 0.3 is 0 Å². The summed E-state index contributed by atoms with van der Waals surface area (Å²) >= 11 is 0. The minimum atomic E-state index is -0.902. The minimum absolute atomic E-state index is 0.0886. The molecule has 3 rings (SSSR count). The fraction of sp³-hybridized carbons (Fsp3) is 0.143. The van der Waals surface area contributed by atoms with Crippen LogP contribution in [0.5, 0.6) is 0 Å². The van der Waals surface area contributed by atoms with Crippen molar-refractivity contribution in [1.82, 2.24) is 0 Å². The first-order chi connectivity index (χ1) is 15.8. The monoisotopic (exact) mass is 450 g/mol. The third-order valence-corrected chi connectivity index (χ3v) is 5.01. The molecule has 0 fully saturated rings. The van der Waals surface area contributed by atoms with E-state index in [9.17, 15) is 13.2 Å². The van der Waals surface area contributed by atoms with Crippen LogP contribution in [-0.2, 0) is 16.1 Å². The number of hydrogen-bond acceptors (Lipinski definition) is 2. The van der Waals surface area contributed by atoms with Gasteiger partial charge in [0.15, 0.2) is 17.5 Å². The maximum atomic E-state index is 14.8. The third-order valence-electron chi connectivity index (χ3n) is 5.01. The maximum Gasteiger partial charge on any atom is 0.168 e. The predicted octanol–water partition coefficient (Wildman–Crippen LogP) is 8.04. The van der Waals surface area contributed by atoms with Crippen molar-refractivity contribution in [2.24, 2.45) is 0 Å². The minimum Gasteiger partial charge on any atom is -0.491 e. The van der Waals surface area contributed by atoms with E-state index < -0.39 is 17.5 Å². The molecule has 0 saturated heterocycles. The van der Waals surface area contributed by atoms with E-state index in [0.717, 1.165) is 17.2 Å². The highest BCUT2D eigenvalue weighted by Crippen LogP contribution is 2.31. The number of benzene rings is 3. The smallest absolute Gasteiger partial charge is 0.168 e. The summed E-state index contributed by atoms with van der Waals surface area (Å²) < 4.78 is 53.9. The van der Waals surface area contributed by atoms with Gasteiger partial charge in [0.2, 0.25) is 0 Å². The molecule has 5 heteroatoms. The van der Waals surface area contributed by atoms with E-state index in [2.05, 4.69) is 13.2 Å². The molecule has 0 atom stereocenters. The van der Waals surface area contributed by atoms with Crippen molar-refractivity contribution in [3.8, 4) is 22.3 Å². The Morgan fingerprint density at radius 2 is 1.33 bits per heavy atom. The van der Waals surface area contributed by atoms with E-state index in [1.54, 1.807) is 55.5 Å². The van der Waals surface area contributed by atoms with Gasteiger partial charge in [-0.3, -0.25) is 0 Å². The number of ether oxygens (including phenoxy) is 2. The highest BCUT2D eigenvalue weighted by molar-refractivity contribution is 5.72. The molecule has 0 radical (unpaired) electrons. The number of rotatable bonds is 9. The molecule has 0 aromatic heterocycles. The fourth-order valence-electron chi connectivity index (χ4n) is 3.19. The van der Waals surface area contributed by atoms with Crippen molar-refractivity contribution in [2.45, 2.75) is 20.5 Å². The lowest BCUT2D eigenvalue weighted by atomic mass is 9.98. The second-order valence-corrected chi connectivity index (χ2v) is 7.46. The first-order valence-electron chi connectivity index (χ1n) is 10.5. The van der Waals surface area contributed by atoms with Crippen molar-refractivity contribution in [2.75, 3.05) is 6.61 Å². The van der Waals surface area contributed by atoms with Gasteiger partial charge in [0, 0.05) is 17.2 Å². The van der Waals surface area contributed by atoms with Crippen LogP contribution >= 0.6 is 0 Å². The summed E-state index contributed by atoms with van der Waals surface area (Å²) in [6, 6.07) is 17.2. The van der Waals surface area contributed by atoms with E-state index >= 15 is 0 Å². The second-order valence-electron chi connectivity index (χ2n) is 7.46. The van der Waals surface area contributed by atoms with Crippen molar-refractivity contribution < 1.29 is 22.6 Å². The molecule has 3 aromatic carbocycles. The molecule has 3 aromatic rings. The van der Waals surface area contributed by atoms with E-state index in [1.807, 2.05) is 19.1 Å². The molecule has 0 saturated carbocycles. The Hall–Kier alpha value is -3.73. The van der Waals surface area contributed by atoms with Gasteiger partial charge in [0.25, 0.3) is 0 Å². The van der Waals surface area contributed by atoms with Gasteiger partial charge in [-0.05, 0) is 30.5 Å². The zero-order chi connectivity index (χ0) is 24.0. The van der Waals surface area contributed by atoms with Crippen molar-refractivity contribution in [3.63, 3.8) is 0 Å². The summed E-state index contributed by atoms with van der Waals surface area (Å²) in [5.74, 6) is -2.43. The van der Waals surface area contributed by atoms with Gasteiger partial charge in [-0.25, -0.2) is 13.2 Å². The van der Waals surface area contributed by atoms with Crippen LogP contribution < -0.4 is 0 Å². The van der Waals surface area contributed by atoms with Crippen LogP contribution in [0.2, 0.25) is 0 Å². The Morgan fingerprint density at radius 1 is 0.818 bits per heavy atom. The second kappa shape index (κ2) is 10.7. The van der Waals surface area contributed by atoms with E-state index in [0.29, 0.717) is 17.7 Å². The third kappa shape index (κ3) is 5.95. The number of aryl methyl sites for hydroxylation is 1. The Morgan fingerprint density at radius 3 is 1.85 bits per heavy atom. The normalized spacial score (nSPS) is 11.2. The van der Waals surface area contributed by atoms with Gasteiger partial charge in [-0.15, -0.1) is 0 Å². The first-order valence-corrected chi connectivity index (χ1v) is 10.5. The molecule has 0 bridgehead atoms. The van der Waals surface area contributed by atoms with Gasteiger partial charge < -0.3 is 9.47 Å². The average Bonchev–Trinajstić information content (AvgIpc) is 2.81. The SMILES string of the molecule is C=C(/C=C(/F)C(=C)OCC)OCc1ccc(-c2ccc(-c3ccc(C)cc3)c(F)c2F)cc1. The van der Waals surface area contributed by atoms with Crippen LogP contribution in [0.1, 0.15) is 18.1 Å². The molecule has 33 heavy (non-hydrogen) atoms. The van der Waals surface area contributed by atoms with Crippen molar-refractivity contribution >= 4 is 0 Å². The molecular formula is C28H25F3O2. The van der Waals surface area contributed by atoms with E-state index in [4.69, 9.17) is 9.47 Å². The van der Waals surface area contributed by atoms with Crippen LogP contribution in [0.4, 0.5) is 13.2 Å². The number of halogens is 3. The maximum absolute atomic E-state index is 14.8. The predicted molar refractivity (Wildman–Crippen MR) is 126 cm³/mol. The first kappa shape index (κ1) is 23.9. The topological polar surface area (TPSA) is 18.5 Å². The lowest BCUT2D eigenvalue weighted by Gasteiger charge is -2.11. The molecule has 0 heterocycles. The highest BCUT2D eigenvalue weighted by Gasteiger charge is 2.16. The van der Waals surface area contributed by atoms with E-state index in [1.165, 1.54) is 0 Å². The molecule has 0 unspecified atom stereocenters. The Labute approximate surface area is 192 Å². The zero-order valence-electron chi connectivity index (χ0n) is 18.6. The highest BCUT2D eigenvalue weighted by atomic mass is 19.2. The lowest BCUT2D eigenvalue weighted by molar-refractivity contribution is 0.207. The summed E-state index contributed by atoms with van der Waals surface area (Å²) in [7, 11) is 0. The van der Waals surface area contributed by atoms with Gasteiger partial charge in [-0.1, -0.05) is 79.4 Å².